The number of hydrogen-bond acceptors (Lipinski definition) is 6. The lowest BCUT2D eigenvalue weighted by Gasteiger charge is -2.08. The number of rotatable bonds is 6. The number of aromatic nitrogens is 2. The predicted octanol–water partition coefficient (Wildman–Crippen LogP) is 4.49. The number of anilines is 3. The standard InChI is InChI=1S/C18H18N4OS2/c1-12-6-5-9-16(19-12)22-18-20-13(11-25-18)10-17(23)21-14-7-3-4-8-15(14)24-2/h3-9,11H,10H2,1-2H3,(H,21,23)(H,19,20,22). The molecule has 0 atom stereocenters. The van der Waals surface area contributed by atoms with Gasteiger partial charge >= 0.3 is 0 Å². The maximum absolute atomic E-state index is 12.3. The molecule has 0 radical (unpaired) electrons. The number of nitrogens with one attached hydrogen (secondary N) is 2. The van der Waals surface area contributed by atoms with Crippen LogP contribution in [0.2, 0.25) is 0 Å². The summed E-state index contributed by atoms with van der Waals surface area (Å²) in [6, 6.07) is 13.5. The quantitative estimate of drug-likeness (QED) is 0.626. The third-order valence-corrected chi connectivity index (χ3v) is 5.00. The first-order valence-electron chi connectivity index (χ1n) is 7.72. The van der Waals surface area contributed by atoms with Gasteiger partial charge in [-0.15, -0.1) is 23.1 Å². The zero-order valence-corrected chi connectivity index (χ0v) is 15.6. The lowest BCUT2D eigenvalue weighted by Crippen LogP contribution is -2.15. The van der Waals surface area contributed by atoms with Crippen molar-refractivity contribution in [2.24, 2.45) is 0 Å². The first-order valence-corrected chi connectivity index (χ1v) is 9.82. The molecular weight excluding hydrogens is 352 g/mol. The zero-order valence-electron chi connectivity index (χ0n) is 13.9. The minimum absolute atomic E-state index is 0.0768. The Morgan fingerprint density at radius 3 is 2.80 bits per heavy atom. The molecule has 0 spiro atoms. The molecule has 25 heavy (non-hydrogen) atoms. The van der Waals surface area contributed by atoms with Gasteiger partial charge in [0.15, 0.2) is 5.13 Å². The number of amides is 1. The van der Waals surface area contributed by atoms with Crippen LogP contribution in [0.3, 0.4) is 0 Å². The minimum Gasteiger partial charge on any atom is -0.325 e. The summed E-state index contributed by atoms with van der Waals surface area (Å²) < 4.78 is 0. The van der Waals surface area contributed by atoms with E-state index < -0.39 is 0 Å². The molecule has 7 heteroatoms. The fourth-order valence-electron chi connectivity index (χ4n) is 2.27. The second-order valence-electron chi connectivity index (χ2n) is 5.36. The van der Waals surface area contributed by atoms with Gasteiger partial charge in [-0.3, -0.25) is 4.79 Å². The van der Waals surface area contributed by atoms with Crippen molar-refractivity contribution in [2.45, 2.75) is 18.2 Å². The third kappa shape index (κ3) is 4.80. The molecule has 1 amide bonds. The maximum atomic E-state index is 12.3. The molecule has 0 fully saturated rings. The lowest BCUT2D eigenvalue weighted by molar-refractivity contribution is -0.115. The van der Waals surface area contributed by atoms with Crippen LogP contribution in [0, 0.1) is 6.92 Å². The second kappa shape index (κ2) is 8.13. The average molecular weight is 371 g/mol. The molecule has 0 aliphatic carbocycles. The van der Waals surface area contributed by atoms with Gasteiger partial charge in [0.05, 0.1) is 17.8 Å². The average Bonchev–Trinajstić information content (AvgIpc) is 3.02. The first-order chi connectivity index (χ1) is 12.1. The van der Waals surface area contributed by atoms with Crippen molar-refractivity contribution in [1.82, 2.24) is 9.97 Å². The third-order valence-electron chi connectivity index (χ3n) is 3.40. The molecular formula is C18H18N4OS2. The molecule has 0 bridgehead atoms. The van der Waals surface area contributed by atoms with E-state index in [2.05, 4.69) is 20.6 Å². The number of carbonyl (C=O) groups excluding carboxylic acids is 1. The number of para-hydroxylation sites is 1. The Hall–Kier alpha value is -2.38. The van der Waals surface area contributed by atoms with Gasteiger partial charge in [0, 0.05) is 16.0 Å². The number of benzene rings is 1. The Morgan fingerprint density at radius 1 is 1.16 bits per heavy atom. The van der Waals surface area contributed by atoms with Crippen LogP contribution < -0.4 is 10.6 Å². The van der Waals surface area contributed by atoms with Gasteiger partial charge in [-0.05, 0) is 37.4 Å². The van der Waals surface area contributed by atoms with Crippen LogP contribution >= 0.6 is 23.1 Å². The summed E-state index contributed by atoms with van der Waals surface area (Å²) in [7, 11) is 0. The number of nitrogens with zero attached hydrogens (tertiary/aromatic N) is 2. The molecule has 1 aromatic carbocycles. The predicted molar refractivity (Wildman–Crippen MR) is 105 cm³/mol. The molecule has 128 valence electrons. The van der Waals surface area contributed by atoms with Gasteiger partial charge in [-0.25, -0.2) is 9.97 Å². The van der Waals surface area contributed by atoms with Crippen LogP contribution in [0.15, 0.2) is 52.7 Å². The van der Waals surface area contributed by atoms with E-state index in [1.807, 2.05) is 61.0 Å². The number of pyridine rings is 1. The fourth-order valence-corrected chi connectivity index (χ4v) is 3.55. The van der Waals surface area contributed by atoms with Gasteiger partial charge in [0.1, 0.15) is 5.82 Å². The topological polar surface area (TPSA) is 66.9 Å². The van der Waals surface area contributed by atoms with Gasteiger partial charge in [-0.1, -0.05) is 18.2 Å². The van der Waals surface area contributed by atoms with Gasteiger partial charge < -0.3 is 10.6 Å². The largest absolute Gasteiger partial charge is 0.325 e. The highest BCUT2D eigenvalue weighted by Crippen LogP contribution is 2.25. The molecule has 3 aromatic rings. The SMILES string of the molecule is CSc1ccccc1NC(=O)Cc1csc(Nc2cccc(C)n2)n1. The Kier molecular flexibility index (Phi) is 5.67. The van der Waals surface area contributed by atoms with E-state index in [9.17, 15) is 4.79 Å². The van der Waals surface area contributed by atoms with Crippen molar-refractivity contribution >= 4 is 45.6 Å². The van der Waals surface area contributed by atoms with Crippen LogP contribution in [-0.4, -0.2) is 22.1 Å². The summed E-state index contributed by atoms with van der Waals surface area (Å²) in [4.78, 5) is 22.2. The Morgan fingerprint density at radius 2 is 2.00 bits per heavy atom. The number of thiazole rings is 1. The zero-order chi connectivity index (χ0) is 17.6. The summed E-state index contributed by atoms with van der Waals surface area (Å²) in [5.74, 6) is 0.672. The van der Waals surface area contributed by atoms with E-state index in [4.69, 9.17) is 0 Å². The van der Waals surface area contributed by atoms with E-state index in [1.165, 1.54) is 11.3 Å². The van der Waals surface area contributed by atoms with Crippen molar-refractivity contribution < 1.29 is 4.79 Å². The van der Waals surface area contributed by atoms with E-state index >= 15 is 0 Å². The summed E-state index contributed by atoms with van der Waals surface area (Å²) in [5, 5.41) is 8.73. The highest BCUT2D eigenvalue weighted by molar-refractivity contribution is 7.98. The monoisotopic (exact) mass is 370 g/mol. The molecule has 0 saturated heterocycles. The molecule has 0 saturated carbocycles. The number of aryl methyl sites for hydroxylation is 1. The summed E-state index contributed by atoms with van der Waals surface area (Å²) >= 11 is 3.06. The van der Waals surface area contributed by atoms with Crippen LogP contribution in [0.4, 0.5) is 16.6 Å². The summed E-state index contributed by atoms with van der Waals surface area (Å²) in [5.41, 5.74) is 2.51. The van der Waals surface area contributed by atoms with Gasteiger partial charge in [0.2, 0.25) is 5.91 Å². The second-order valence-corrected chi connectivity index (χ2v) is 7.06. The highest BCUT2D eigenvalue weighted by atomic mass is 32.2. The number of thioether (sulfide) groups is 1. The minimum atomic E-state index is -0.0768. The van der Waals surface area contributed by atoms with Crippen molar-refractivity contribution in [3.8, 4) is 0 Å². The van der Waals surface area contributed by atoms with Crippen molar-refractivity contribution in [1.29, 1.82) is 0 Å². The number of carbonyl (C=O) groups is 1. The van der Waals surface area contributed by atoms with Gasteiger partial charge in [-0.2, -0.15) is 0 Å². The Labute approximate surface area is 154 Å². The van der Waals surface area contributed by atoms with Gasteiger partial charge in [0.25, 0.3) is 0 Å². The van der Waals surface area contributed by atoms with Crippen LogP contribution in [0.25, 0.3) is 0 Å². The molecule has 2 heterocycles. The Bertz CT molecular complexity index is 879. The highest BCUT2D eigenvalue weighted by Gasteiger charge is 2.10. The molecule has 5 nitrogen and oxygen atoms in total. The molecule has 2 N–H and O–H groups in total. The van der Waals surface area contributed by atoms with Crippen LogP contribution in [-0.2, 0) is 11.2 Å². The van der Waals surface area contributed by atoms with Crippen molar-refractivity contribution in [3.05, 3.63) is 59.2 Å². The molecule has 0 unspecified atom stereocenters. The van der Waals surface area contributed by atoms with E-state index in [0.29, 0.717) is 0 Å². The number of hydrogen-bond donors (Lipinski definition) is 2. The summed E-state index contributed by atoms with van der Waals surface area (Å²) in [6.45, 7) is 1.94. The molecule has 0 aliphatic heterocycles. The van der Waals surface area contributed by atoms with E-state index in [1.54, 1.807) is 11.8 Å². The first kappa shape index (κ1) is 17.4. The van der Waals surface area contributed by atoms with Crippen LogP contribution in [0.5, 0.6) is 0 Å². The molecule has 0 aliphatic rings. The fraction of sp³-hybridized carbons (Fsp3) is 0.167. The van der Waals surface area contributed by atoms with E-state index in [0.717, 1.165) is 32.9 Å². The smallest absolute Gasteiger partial charge is 0.230 e. The normalized spacial score (nSPS) is 10.5. The van der Waals surface area contributed by atoms with Crippen molar-refractivity contribution in [2.75, 3.05) is 16.9 Å². The lowest BCUT2D eigenvalue weighted by atomic mass is 10.3. The summed E-state index contributed by atoms with van der Waals surface area (Å²) in [6.07, 6.45) is 2.23. The van der Waals surface area contributed by atoms with Crippen LogP contribution in [0.1, 0.15) is 11.4 Å². The Balaban J connectivity index is 1.62. The molecule has 3 rings (SSSR count). The van der Waals surface area contributed by atoms with Crippen molar-refractivity contribution in [3.63, 3.8) is 0 Å². The molecule has 2 aromatic heterocycles. The maximum Gasteiger partial charge on any atom is 0.230 e. The van der Waals surface area contributed by atoms with E-state index in [-0.39, 0.29) is 12.3 Å².